The number of hydrogen-bond donors (Lipinski definition) is 2. The van der Waals surface area contributed by atoms with Gasteiger partial charge in [-0.15, -0.1) is 0 Å². The van der Waals surface area contributed by atoms with Crippen LogP contribution in [0, 0.1) is 0 Å². The van der Waals surface area contributed by atoms with Gasteiger partial charge in [0.2, 0.25) is 0 Å². The van der Waals surface area contributed by atoms with Crippen LogP contribution in [0.2, 0.25) is 5.02 Å². The highest BCUT2D eigenvalue weighted by atomic mass is 35.5. The van der Waals surface area contributed by atoms with Crippen LogP contribution >= 0.6 is 11.6 Å². The third-order valence-electron chi connectivity index (χ3n) is 2.42. The maximum atomic E-state index is 11.8. The van der Waals surface area contributed by atoms with Crippen molar-refractivity contribution in [3.8, 4) is 5.75 Å². The Morgan fingerprint density at radius 2 is 2.17 bits per heavy atom. The maximum Gasteiger partial charge on any atom is 0.326 e. The number of carbonyl (C=O) groups excluding carboxylic acids is 1. The summed E-state index contributed by atoms with van der Waals surface area (Å²) in [6.07, 6.45) is 0.311. The molecule has 1 rings (SSSR count). The molecule has 0 bridgehead atoms. The molecule has 5 nitrogen and oxygen atoms in total. The van der Waals surface area contributed by atoms with Gasteiger partial charge in [-0.1, -0.05) is 18.5 Å². The SMILES string of the molecule is CCC(NC(=O)c1ccc(Cl)c(OC)c1)C(=O)O. The Morgan fingerprint density at radius 3 is 2.67 bits per heavy atom. The van der Waals surface area contributed by atoms with E-state index in [1.54, 1.807) is 6.92 Å². The number of carboxylic acid groups (broad SMARTS) is 1. The molecule has 1 aromatic carbocycles. The second-order valence-electron chi connectivity index (χ2n) is 3.62. The molecule has 0 saturated heterocycles. The number of nitrogens with one attached hydrogen (secondary N) is 1. The average Bonchev–Trinajstić information content (AvgIpc) is 2.35. The van der Waals surface area contributed by atoms with Crippen molar-refractivity contribution in [2.45, 2.75) is 19.4 Å². The van der Waals surface area contributed by atoms with Gasteiger partial charge in [0.15, 0.2) is 0 Å². The summed E-state index contributed by atoms with van der Waals surface area (Å²) in [6, 6.07) is 3.59. The molecule has 1 unspecified atom stereocenters. The van der Waals surface area contributed by atoms with Crippen molar-refractivity contribution >= 4 is 23.5 Å². The van der Waals surface area contributed by atoms with Crippen molar-refractivity contribution in [2.24, 2.45) is 0 Å². The van der Waals surface area contributed by atoms with Crippen molar-refractivity contribution in [2.75, 3.05) is 7.11 Å². The van der Waals surface area contributed by atoms with E-state index in [1.165, 1.54) is 25.3 Å². The monoisotopic (exact) mass is 271 g/mol. The third-order valence-corrected chi connectivity index (χ3v) is 2.74. The van der Waals surface area contributed by atoms with Gasteiger partial charge >= 0.3 is 5.97 Å². The predicted octanol–water partition coefficient (Wildman–Crippen LogP) is 1.94. The summed E-state index contributed by atoms with van der Waals surface area (Å²) >= 11 is 5.83. The molecule has 18 heavy (non-hydrogen) atoms. The Morgan fingerprint density at radius 1 is 1.50 bits per heavy atom. The Hall–Kier alpha value is -1.75. The molecule has 98 valence electrons. The highest BCUT2D eigenvalue weighted by molar-refractivity contribution is 6.32. The molecule has 0 aliphatic heterocycles. The summed E-state index contributed by atoms with van der Waals surface area (Å²) in [4.78, 5) is 22.6. The first-order valence-electron chi connectivity index (χ1n) is 5.36. The summed E-state index contributed by atoms with van der Waals surface area (Å²) < 4.78 is 4.99. The smallest absolute Gasteiger partial charge is 0.326 e. The quantitative estimate of drug-likeness (QED) is 0.858. The number of amides is 1. The number of ether oxygens (including phenoxy) is 1. The molecular weight excluding hydrogens is 258 g/mol. The zero-order chi connectivity index (χ0) is 13.7. The molecule has 0 aliphatic carbocycles. The molecule has 1 amide bonds. The van der Waals surface area contributed by atoms with E-state index in [9.17, 15) is 9.59 Å². The number of hydrogen-bond acceptors (Lipinski definition) is 3. The van der Waals surface area contributed by atoms with Crippen molar-refractivity contribution in [1.29, 1.82) is 0 Å². The molecular formula is C12H14ClNO4. The standard InChI is InChI=1S/C12H14ClNO4/c1-3-9(12(16)17)14-11(15)7-4-5-8(13)10(6-7)18-2/h4-6,9H,3H2,1-2H3,(H,14,15)(H,16,17). The third kappa shape index (κ3) is 3.37. The van der Waals surface area contributed by atoms with Crippen LogP contribution in [0.4, 0.5) is 0 Å². The van der Waals surface area contributed by atoms with E-state index in [2.05, 4.69) is 5.32 Å². The first kappa shape index (κ1) is 14.3. The number of rotatable bonds is 5. The normalized spacial score (nSPS) is 11.7. The molecule has 0 saturated carbocycles. The van der Waals surface area contributed by atoms with E-state index in [0.29, 0.717) is 22.8 Å². The van der Waals surface area contributed by atoms with Crippen molar-refractivity contribution in [3.63, 3.8) is 0 Å². The minimum Gasteiger partial charge on any atom is -0.495 e. The largest absolute Gasteiger partial charge is 0.495 e. The van der Waals surface area contributed by atoms with Crippen molar-refractivity contribution in [1.82, 2.24) is 5.32 Å². The van der Waals surface area contributed by atoms with Crippen molar-refractivity contribution < 1.29 is 19.4 Å². The van der Waals surface area contributed by atoms with E-state index >= 15 is 0 Å². The second-order valence-corrected chi connectivity index (χ2v) is 4.03. The van der Waals surface area contributed by atoms with E-state index in [1.807, 2.05) is 0 Å². The summed E-state index contributed by atoms with van der Waals surface area (Å²) in [6.45, 7) is 1.68. The summed E-state index contributed by atoms with van der Waals surface area (Å²) in [5, 5.41) is 11.7. The molecule has 0 aliphatic rings. The number of benzene rings is 1. The lowest BCUT2D eigenvalue weighted by Gasteiger charge is -2.13. The fraction of sp³-hybridized carbons (Fsp3) is 0.333. The van der Waals surface area contributed by atoms with Crippen LogP contribution in [-0.2, 0) is 4.79 Å². The van der Waals surface area contributed by atoms with Crippen LogP contribution in [0.5, 0.6) is 5.75 Å². The molecule has 0 aromatic heterocycles. The van der Waals surface area contributed by atoms with Gasteiger partial charge in [0.05, 0.1) is 12.1 Å². The zero-order valence-electron chi connectivity index (χ0n) is 10.1. The summed E-state index contributed by atoms with van der Waals surface area (Å²) in [5.74, 6) is -1.17. The van der Waals surface area contributed by atoms with Gasteiger partial charge in [-0.2, -0.15) is 0 Å². The van der Waals surface area contributed by atoms with Gasteiger partial charge in [0, 0.05) is 5.56 Å². The van der Waals surface area contributed by atoms with Crippen molar-refractivity contribution in [3.05, 3.63) is 28.8 Å². The van der Waals surface area contributed by atoms with E-state index in [0.717, 1.165) is 0 Å². The lowest BCUT2D eigenvalue weighted by Crippen LogP contribution is -2.40. The molecule has 1 atom stereocenters. The Bertz CT molecular complexity index is 461. The molecule has 1 aromatic rings. The summed E-state index contributed by atoms with van der Waals surface area (Å²) in [5.41, 5.74) is 0.302. The van der Waals surface area contributed by atoms with Crippen LogP contribution < -0.4 is 10.1 Å². The number of carboxylic acids is 1. The van der Waals surface area contributed by atoms with Crippen LogP contribution in [0.3, 0.4) is 0 Å². The number of halogens is 1. The minimum atomic E-state index is -1.06. The van der Waals surface area contributed by atoms with Gasteiger partial charge in [-0.05, 0) is 24.6 Å². The Kier molecular flexibility index (Phi) is 4.97. The highest BCUT2D eigenvalue weighted by Crippen LogP contribution is 2.24. The average molecular weight is 272 g/mol. The first-order chi connectivity index (χ1) is 8.49. The van der Waals surface area contributed by atoms with Crippen LogP contribution in [0.25, 0.3) is 0 Å². The van der Waals surface area contributed by atoms with Gasteiger partial charge in [0.1, 0.15) is 11.8 Å². The molecule has 0 fully saturated rings. The molecule has 0 radical (unpaired) electrons. The lowest BCUT2D eigenvalue weighted by molar-refractivity contribution is -0.139. The van der Waals surface area contributed by atoms with E-state index in [4.69, 9.17) is 21.4 Å². The first-order valence-corrected chi connectivity index (χ1v) is 5.74. The molecule has 6 heteroatoms. The minimum absolute atomic E-state index is 0.302. The van der Waals surface area contributed by atoms with Gasteiger partial charge in [-0.3, -0.25) is 4.79 Å². The fourth-order valence-electron chi connectivity index (χ4n) is 1.38. The van der Waals surface area contributed by atoms with Crippen LogP contribution in [0.15, 0.2) is 18.2 Å². The zero-order valence-corrected chi connectivity index (χ0v) is 10.8. The van der Waals surface area contributed by atoms with Crippen LogP contribution in [0.1, 0.15) is 23.7 Å². The molecule has 0 heterocycles. The van der Waals surface area contributed by atoms with Gasteiger partial charge in [0.25, 0.3) is 5.91 Å². The number of methoxy groups -OCH3 is 1. The van der Waals surface area contributed by atoms with Crippen LogP contribution in [-0.4, -0.2) is 30.1 Å². The van der Waals surface area contributed by atoms with Gasteiger partial charge < -0.3 is 15.2 Å². The topological polar surface area (TPSA) is 75.6 Å². The summed E-state index contributed by atoms with van der Waals surface area (Å²) in [7, 11) is 1.44. The Labute approximate surface area is 110 Å². The number of aliphatic carboxylic acids is 1. The number of carbonyl (C=O) groups is 2. The fourth-order valence-corrected chi connectivity index (χ4v) is 1.58. The Balaban J connectivity index is 2.87. The predicted molar refractivity (Wildman–Crippen MR) is 67.2 cm³/mol. The van der Waals surface area contributed by atoms with E-state index < -0.39 is 17.9 Å². The molecule has 0 spiro atoms. The van der Waals surface area contributed by atoms with Gasteiger partial charge in [-0.25, -0.2) is 4.79 Å². The second kappa shape index (κ2) is 6.26. The highest BCUT2D eigenvalue weighted by Gasteiger charge is 2.19. The van der Waals surface area contributed by atoms with E-state index in [-0.39, 0.29) is 0 Å². The lowest BCUT2D eigenvalue weighted by atomic mass is 10.1. The molecule has 2 N–H and O–H groups in total. The maximum absolute atomic E-state index is 11.8.